The SMILES string of the molecule is COC(=O)c1c(N)nc2ccc(C(F)(F)F)nn12. The second kappa shape index (κ2) is 3.86. The van der Waals surface area contributed by atoms with Crippen LogP contribution in [-0.2, 0) is 10.9 Å². The Kier molecular flexibility index (Phi) is 2.60. The molecule has 0 saturated heterocycles. The molecule has 0 unspecified atom stereocenters. The van der Waals surface area contributed by atoms with Gasteiger partial charge in [0.1, 0.15) is 0 Å². The molecular formula is C9H7F3N4O2. The fraction of sp³-hybridized carbons (Fsp3) is 0.222. The molecule has 0 aromatic carbocycles. The minimum atomic E-state index is -4.62. The summed E-state index contributed by atoms with van der Waals surface area (Å²) >= 11 is 0. The number of rotatable bonds is 1. The van der Waals surface area contributed by atoms with Gasteiger partial charge in [-0.1, -0.05) is 0 Å². The number of anilines is 1. The van der Waals surface area contributed by atoms with E-state index in [1.165, 1.54) is 0 Å². The van der Waals surface area contributed by atoms with Crippen LogP contribution in [0.3, 0.4) is 0 Å². The number of hydrogen-bond donors (Lipinski definition) is 1. The van der Waals surface area contributed by atoms with Crippen LogP contribution >= 0.6 is 0 Å². The average Bonchev–Trinajstić information content (AvgIpc) is 2.61. The van der Waals surface area contributed by atoms with Crippen molar-refractivity contribution in [2.75, 3.05) is 12.8 Å². The van der Waals surface area contributed by atoms with E-state index in [9.17, 15) is 18.0 Å². The predicted molar refractivity (Wildman–Crippen MR) is 53.7 cm³/mol. The number of aromatic nitrogens is 3. The van der Waals surface area contributed by atoms with E-state index in [-0.39, 0.29) is 17.2 Å². The van der Waals surface area contributed by atoms with Crippen molar-refractivity contribution in [1.29, 1.82) is 0 Å². The number of nitrogen functional groups attached to an aromatic ring is 1. The fourth-order valence-corrected chi connectivity index (χ4v) is 1.39. The molecule has 9 heteroatoms. The molecule has 0 amide bonds. The molecule has 0 atom stereocenters. The first kappa shape index (κ1) is 12.1. The van der Waals surface area contributed by atoms with Crippen molar-refractivity contribution < 1.29 is 22.7 Å². The predicted octanol–water partition coefficient (Wildman–Crippen LogP) is 1.12. The lowest BCUT2D eigenvalue weighted by Gasteiger charge is -2.06. The van der Waals surface area contributed by atoms with E-state index >= 15 is 0 Å². The smallest absolute Gasteiger partial charge is 0.435 e. The molecule has 0 radical (unpaired) electrons. The molecule has 0 fully saturated rings. The Labute approximate surface area is 98.2 Å². The first-order chi connectivity index (χ1) is 8.34. The number of nitrogens with zero attached hydrogens (tertiary/aromatic N) is 3. The van der Waals surface area contributed by atoms with E-state index in [1.54, 1.807) is 0 Å². The lowest BCUT2D eigenvalue weighted by molar-refractivity contribution is -0.141. The first-order valence-electron chi connectivity index (χ1n) is 4.65. The highest BCUT2D eigenvalue weighted by Crippen LogP contribution is 2.28. The topological polar surface area (TPSA) is 82.5 Å². The Balaban J connectivity index is 2.71. The van der Waals surface area contributed by atoms with E-state index in [0.29, 0.717) is 4.52 Å². The number of carbonyl (C=O) groups is 1. The van der Waals surface area contributed by atoms with Crippen molar-refractivity contribution in [2.24, 2.45) is 0 Å². The maximum absolute atomic E-state index is 12.5. The molecule has 0 saturated carbocycles. The largest absolute Gasteiger partial charge is 0.464 e. The van der Waals surface area contributed by atoms with Gasteiger partial charge in [0, 0.05) is 0 Å². The van der Waals surface area contributed by atoms with Crippen molar-refractivity contribution in [3.8, 4) is 0 Å². The molecule has 0 spiro atoms. The van der Waals surface area contributed by atoms with E-state index in [1.807, 2.05) is 0 Å². The normalized spacial score (nSPS) is 11.8. The second-order valence-electron chi connectivity index (χ2n) is 3.32. The maximum atomic E-state index is 12.5. The van der Waals surface area contributed by atoms with Crippen molar-refractivity contribution in [3.63, 3.8) is 0 Å². The molecule has 2 heterocycles. The third-order valence-corrected chi connectivity index (χ3v) is 2.17. The van der Waals surface area contributed by atoms with Crippen molar-refractivity contribution in [1.82, 2.24) is 14.6 Å². The zero-order valence-electron chi connectivity index (χ0n) is 9.02. The van der Waals surface area contributed by atoms with Gasteiger partial charge in [-0.2, -0.15) is 18.3 Å². The van der Waals surface area contributed by atoms with Gasteiger partial charge in [0.2, 0.25) is 0 Å². The molecule has 0 aliphatic carbocycles. The summed E-state index contributed by atoms with van der Waals surface area (Å²) in [6.45, 7) is 0. The van der Waals surface area contributed by atoms with Crippen LogP contribution in [0, 0.1) is 0 Å². The average molecular weight is 260 g/mol. The van der Waals surface area contributed by atoms with E-state index in [0.717, 1.165) is 19.2 Å². The van der Waals surface area contributed by atoms with Gasteiger partial charge in [-0.3, -0.25) is 0 Å². The first-order valence-corrected chi connectivity index (χ1v) is 4.65. The molecule has 2 aromatic rings. The van der Waals surface area contributed by atoms with Gasteiger partial charge in [-0.25, -0.2) is 14.3 Å². The number of carbonyl (C=O) groups excluding carboxylic acids is 1. The van der Waals surface area contributed by atoms with E-state index in [2.05, 4.69) is 14.8 Å². The zero-order valence-corrected chi connectivity index (χ0v) is 9.02. The van der Waals surface area contributed by atoms with Gasteiger partial charge in [0.25, 0.3) is 0 Å². The Hall–Kier alpha value is -2.32. The van der Waals surface area contributed by atoms with Crippen molar-refractivity contribution in [2.45, 2.75) is 6.18 Å². The third-order valence-electron chi connectivity index (χ3n) is 2.17. The van der Waals surface area contributed by atoms with Gasteiger partial charge in [0.05, 0.1) is 7.11 Å². The number of alkyl halides is 3. The molecular weight excluding hydrogens is 253 g/mol. The highest BCUT2D eigenvalue weighted by atomic mass is 19.4. The van der Waals surface area contributed by atoms with Gasteiger partial charge in [-0.05, 0) is 12.1 Å². The summed E-state index contributed by atoms with van der Waals surface area (Å²) in [6.07, 6.45) is -4.62. The lowest BCUT2D eigenvalue weighted by Crippen LogP contribution is -2.14. The van der Waals surface area contributed by atoms with Crippen molar-refractivity contribution >= 4 is 17.4 Å². The number of methoxy groups -OCH3 is 1. The molecule has 0 bridgehead atoms. The molecule has 0 aliphatic rings. The van der Waals surface area contributed by atoms with Crippen LogP contribution in [0.4, 0.5) is 19.0 Å². The second-order valence-corrected chi connectivity index (χ2v) is 3.32. The minimum Gasteiger partial charge on any atom is -0.464 e. The van der Waals surface area contributed by atoms with Crippen molar-refractivity contribution in [3.05, 3.63) is 23.5 Å². The van der Waals surface area contributed by atoms with Crippen LogP contribution in [0.2, 0.25) is 0 Å². The Morgan fingerprint density at radius 1 is 1.44 bits per heavy atom. The maximum Gasteiger partial charge on any atom is 0.435 e. The fourth-order valence-electron chi connectivity index (χ4n) is 1.39. The molecule has 2 rings (SSSR count). The Bertz CT molecular complexity index is 620. The molecule has 2 N–H and O–H groups in total. The number of fused-ring (bicyclic) bond motifs is 1. The molecule has 0 aliphatic heterocycles. The quantitative estimate of drug-likeness (QED) is 0.777. The number of ether oxygens (including phenoxy) is 1. The van der Waals surface area contributed by atoms with Gasteiger partial charge in [0.15, 0.2) is 22.9 Å². The summed E-state index contributed by atoms with van der Waals surface area (Å²) in [5.41, 5.74) is 3.97. The standard InChI is InChI=1S/C9H7F3N4O2/c1-18-8(17)6-7(13)14-5-3-2-4(9(10,11)12)15-16(5)6/h2-3H,13H2,1H3. The monoisotopic (exact) mass is 260 g/mol. The highest BCUT2D eigenvalue weighted by molar-refractivity contribution is 5.93. The van der Waals surface area contributed by atoms with Crippen LogP contribution < -0.4 is 5.73 Å². The van der Waals surface area contributed by atoms with Crippen LogP contribution in [0.5, 0.6) is 0 Å². The van der Waals surface area contributed by atoms with Crippen LogP contribution in [0.15, 0.2) is 12.1 Å². The Morgan fingerprint density at radius 3 is 2.67 bits per heavy atom. The number of hydrogen-bond acceptors (Lipinski definition) is 5. The Morgan fingerprint density at radius 2 is 2.11 bits per heavy atom. The number of esters is 1. The van der Waals surface area contributed by atoms with E-state index in [4.69, 9.17) is 5.73 Å². The van der Waals surface area contributed by atoms with Gasteiger partial charge < -0.3 is 10.5 Å². The molecule has 2 aromatic heterocycles. The number of imidazole rings is 1. The third kappa shape index (κ3) is 1.83. The van der Waals surface area contributed by atoms with Crippen LogP contribution in [-0.4, -0.2) is 27.7 Å². The van der Waals surface area contributed by atoms with Crippen LogP contribution in [0.1, 0.15) is 16.2 Å². The summed E-state index contributed by atoms with van der Waals surface area (Å²) in [6, 6.07) is 1.82. The zero-order chi connectivity index (χ0) is 13.5. The summed E-state index contributed by atoms with van der Waals surface area (Å²) in [5, 5.41) is 3.28. The van der Waals surface area contributed by atoms with E-state index < -0.39 is 17.8 Å². The molecule has 6 nitrogen and oxygen atoms in total. The summed E-state index contributed by atoms with van der Waals surface area (Å²) in [7, 11) is 1.08. The summed E-state index contributed by atoms with van der Waals surface area (Å²) in [4.78, 5) is 15.1. The lowest BCUT2D eigenvalue weighted by atomic mass is 10.4. The summed E-state index contributed by atoms with van der Waals surface area (Å²) < 4.78 is 42.6. The number of nitrogens with two attached hydrogens (primary N) is 1. The minimum absolute atomic E-state index is 0.0286. The van der Waals surface area contributed by atoms with Crippen LogP contribution in [0.25, 0.3) is 5.65 Å². The van der Waals surface area contributed by atoms with Gasteiger partial charge >= 0.3 is 12.1 Å². The molecule has 96 valence electrons. The molecule has 18 heavy (non-hydrogen) atoms. The summed E-state index contributed by atoms with van der Waals surface area (Å²) in [5.74, 6) is -1.15. The van der Waals surface area contributed by atoms with Gasteiger partial charge in [-0.15, -0.1) is 0 Å². The number of halogens is 3. The highest BCUT2D eigenvalue weighted by Gasteiger charge is 2.34.